The quantitative estimate of drug-likeness (QED) is 0.537. The van der Waals surface area contributed by atoms with E-state index in [0.29, 0.717) is 39.1 Å². The summed E-state index contributed by atoms with van der Waals surface area (Å²) in [6, 6.07) is 7.60. The standard InChI is InChI=1S/C26H36N4O7/c1-26(2,3)37-25(36)29-15-13-28(14-16-29)22(32)10-9-21(31)27-19-11-12-30(24(19)35)20(17-23(33)34)18-7-5-4-6-8-18/h4-8,19-20H,9-17H2,1-3H3,(H,27,31)(H,33,34). The van der Waals surface area contributed by atoms with E-state index < -0.39 is 35.7 Å². The monoisotopic (exact) mass is 516 g/mol. The Morgan fingerprint density at radius 2 is 1.62 bits per heavy atom. The number of carboxylic acids is 1. The largest absolute Gasteiger partial charge is 0.481 e. The van der Waals surface area contributed by atoms with Crippen molar-refractivity contribution in [3.05, 3.63) is 35.9 Å². The van der Waals surface area contributed by atoms with Gasteiger partial charge >= 0.3 is 12.1 Å². The van der Waals surface area contributed by atoms with Crippen molar-refractivity contribution in [3.8, 4) is 0 Å². The molecular weight excluding hydrogens is 480 g/mol. The van der Waals surface area contributed by atoms with Gasteiger partial charge in [0.15, 0.2) is 0 Å². The molecule has 202 valence electrons. The molecule has 0 saturated carbocycles. The lowest BCUT2D eigenvalue weighted by molar-refractivity contribution is -0.140. The zero-order valence-electron chi connectivity index (χ0n) is 21.6. The predicted molar refractivity (Wildman–Crippen MR) is 133 cm³/mol. The summed E-state index contributed by atoms with van der Waals surface area (Å²) in [6.45, 7) is 7.16. The van der Waals surface area contributed by atoms with Crippen molar-refractivity contribution in [3.63, 3.8) is 0 Å². The lowest BCUT2D eigenvalue weighted by Crippen LogP contribution is -2.51. The van der Waals surface area contributed by atoms with E-state index in [1.807, 2.05) is 6.07 Å². The zero-order valence-corrected chi connectivity index (χ0v) is 21.6. The van der Waals surface area contributed by atoms with Gasteiger partial charge in [0, 0.05) is 45.6 Å². The molecule has 2 saturated heterocycles. The fraction of sp³-hybridized carbons (Fsp3) is 0.577. The summed E-state index contributed by atoms with van der Waals surface area (Å²) in [7, 11) is 0. The molecule has 11 nitrogen and oxygen atoms in total. The summed E-state index contributed by atoms with van der Waals surface area (Å²) in [4.78, 5) is 66.4. The Bertz CT molecular complexity index is 1000. The minimum atomic E-state index is -1.01. The van der Waals surface area contributed by atoms with Crippen molar-refractivity contribution in [2.75, 3.05) is 32.7 Å². The van der Waals surface area contributed by atoms with E-state index in [-0.39, 0.29) is 31.1 Å². The molecule has 2 aliphatic rings. The Morgan fingerprint density at radius 3 is 2.22 bits per heavy atom. The van der Waals surface area contributed by atoms with Gasteiger partial charge in [0.05, 0.1) is 12.5 Å². The Morgan fingerprint density at radius 1 is 1.00 bits per heavy atom. The van der Waals surface area contributed by atoms with Crippen molar-refractivity contribution in [1.82, 2.24) is 20.0 Å². The molecule has 1 aromatic carbocycles. The van der Waals surface area contributed by atoms with Crippen molar-refractivity contribution in [2.45, 2.75) is 64.1 Å². The molecule has 11 heteroatoms. The topological polar surface area (TPSA) is 137 Å². The van der Waals surface area contributed by atoms with Crippen LogP contribution in [-0.4, -0.2) is 94.0 Å². The first kappa shape index (κ1) is 27.9. The average Bonchev–Trinajstić information content (AvgIpc) is 3.20. The third kappa shape index (κ3) is 7.93. The van der Waals surface area contributed by atoms with Crippen LogP contribution in [0.15, 0.2) is 30.3 Å². The van der Waals surface area contributed by atoms with E-state index in [2.05, 4.69) is 5.32 Å². The first-order valence-corrected chi connectivity index (χ1v) is 12.6. The fourth-order valence-corrected chi connectivity index (χ4v) is 4.50. The second-order valence-electron chi connectivity index (χ2n) is 10.3. The third-order valence-electron chi connectivity index (χ3n) is 6.35. The normalized spacial score (nSPS) is 18.9. The lowest BCUT2D eigenvalue weighted by Gasteiger charge is -2.35. The fourth-order valence-electron chi connectivity index (χ4n) is 4.50. The summed E-state index contributed by atoms with van der Waals surface area (Å²) in [5.41, 5.74) is 0.135. The Kier molecular flexibility index (Phi) is 9.12. The number of aliphatic carboxylic acids is 1. The minimum Gasteiger partial charge on any atom is -0.481 e. The number of nitrogens with zero attached hydrogens (tertiary/aromatic N) is 3. The molecule has 0 radical (unpaired) electrons. The zero-order chi connectivity index (χ0) is 27.2. The lowest BCUT2D eigenvalue weighted by atomic mass is 10.0. The highest BCUT2D eigenvalue weighted by Crippen LogP contribution is 2.29. The molecule has 2 unspecified atom stereocenters. The maximum atomic E-state index is 13.0. The van der Waals surface area contributed by atoms with Crippen molar-refractivity contribution in [2.24, 2.45) is 0 Å². The van der Waals surface area contributed by atoms with E-state index >= 15 is 0 Å². The molecule has 0 aromatic heterocycles. The third-order valence-corrected chi connectivity index (χ3v) is 6.35. The molecule has 0 aliphatic carbocycles. The highest BCUT2D eigenvalue weighted by atomic mass is 16.6. The SMILES string of the molecule is CC(C)(C)OC(=O)N1CCN(C(=O)CCC(=O)NC2CCN(C(CC(=O)O)c3ccccc3)C2=O)CC1. The van der Waals surface area contributed by atoms with Gasteiger partial charge in [0.1, 0.15) is 11.6 Å². The minimum absolute atomic E-state index is 0.00541. The van der Waals surface area contributed by atoms with Crippen LogP contribution in [0, 0.1) is 0 Å². The maximum Gasteiger partial charge on any atom is 0.410 e. The number of hydrogen-bond donors (Lipinski definition) is 2. The van der Waals surface area contributed by atoms with Crippen LogP contribution in [0.4, 0.5) is 4.79 Å². The number of amides is 4. The number of rotatable bonds is 8. The maximum absolute atomic E-state index is 13.0. The van der Waals surface area contributed by atoms with Crippen LogP contribution in [-0.2, 0) is 23.9 Å². The van der Waals surface area contributed by atoms with Crippen LogP contribution >= 0.6 is 0 Å². The average molecular weight is 517 g/mol. The Balaban J connectivity index is 1.45. The number of carboxylic acid groups (broad SMARTS) is 1. The molecule has 0 spiro atoms. The van der Waals surface area contributed by atoms with E-state index in [9.17, 15) is 29.1 Å². The van der Waals surface area contributed by atoms with Crippen molar-refractivity contribution >= 4 is 29.8 Å². The van der Waals surface area contributed by atoms with Crippen LogP contribution in [0.2, 0.25) is 0 Å². The summed E-state index contributed by atoms with van der Waals surface area (Å²) in [5, 5.41) is 12.1. The highest BCUT2D eigenvalue weighted by molar-refractivity contribution is 5.91. The number of ether oxygens (including phenoxy) is 1. The first-order valence-electron chi connectivity index (χ1n) is 12.6. The summed E-state index contributed by atoms with van der Waals surface area (Å²) in [5.74, 6) is -1.94. The number of carbonyl (C=O) groups excluding carboxylic acids is 4. The van der Waals surface area contributed by atoms with Gasteiger partial charge in [-0.2, -0.15) is 0 Å². The van der Waals surface area contributed by atoms with E-state index in [4.69, 9.17) is 4.74 Å². The molecule has 2 aliphatic heterocycles. The molecule has 2 N–H and O–H groups in total. The number of hydrogen-bond acceptors (Lipinski definition) is 6. The molecular formula is C26H36N4O7. The van der Waals surface area contributed by atoms with E-state index in [1.54, 1.807) is 54.8 Å². The van der Waals surface area contributed by atoms with Crippen molar-refractivity contribution in [1.29, 1.82) is 0 Å². The summed E-state index contributed by atoms with van der Waals surface area (Å²) < 4.78 is 5.36. The molecule has 1 aromatic rings. The number of piperazine rings is 1. The van der Waals surface area contributed by atoms with Gasteiger partial charge in [-0.3, -0.25) is 19.2 Å². The van der Waals surface area contributed by atoms with E-state index in [1.165, 1.54) is 4.90 Å². The molecule has 2 fully saturated rings. The van der Waals surface area contributed by atoms with Gasteiger partial charge in [-0.1, -0.05) is 30.3 Å². The second-order valence-corrected chi connectivity index (χ2v) is 10.3. The summed E-state index contributed by atoms with van der Waals surface area (Å²) in [6.07, 6.45) is -0.340. The second kappa shape index (κ2) is 12.1. The van der Waals surface area contributed by atoms with Crippen molar-refractivity contribution < 1.29 is 33.8 Å². The van der Waals surface area contributed by atoms with Crippen LogP contribution in [0.1, 0.15) is 58.1 Å². The van der Waals surface area contributed by atoms with Crippen LogP contribution < -0.4 is 5.32 Å². The molecule has 2 atom stereocenters. The molecule has 37 heavy (non-hydrogen) atoms. The number of carbonyl (C=O) groups is 5. The number of benzene rings is 1. The molecule has 0 bridgehead atoms. The van der Waals surface area contributed by atoms with Crippen LogP contribution in [0.3, 0.4) is 0 Å². The van der Waals surface area contributed by atoms with Gasteiger partial charge in [0.2, 0.25) is 17.7 Å². The van der Waals surface area contributed by atoms with E-state index in [0.717, 1.165) is 5.56 Å². The first-order chi connectivity index (χ1) is 17.4. The summed E-state index contributed by atoms with van der Waals surface area (Å²) >= 11 is 0. The molecule has 4 amide bonds. The Labute approximate surface area is 216 Å². The van der Waals surface area contributed by atoms with Gasteiger partial charge in [-0.05, 0) is 32.8 Å². The van der Waals surface area contributed by atoms with Gasteiger partial charge in [-0.15, -0.1) is 0 Å². The molecule has 2 heterocycles. The number of nitrogens with one attached hydrogen (secondary N) is 1. The van der Waals surface area contributed by atoms with Gasteiger partial charge in [-0.25, -0.2) is 4.79 Å². The highest BCUT2D eigenvalue weighted by Gasteiger charge is 2.38. The smallest absolute Gasteiger partial charge is 0.410 e. The number of likely N-dealkylation sites (tertiary alicyclic amines) is 1. The Hall–Kier alpha value is -3.63. The van der Waals surface area contributed by atoms with Gasteiger partial charge < -0.3 is 29.9 Å². The van der Waals surface area contributed by atoms with Crippen LogP contribution in [0.25, 0.3) is 0 Å². The van der Waals surface area contributed by atoms with Crippen LogP contribution in [0.5, 0.6) is 0 Å². The van der Waals surface area contributed by atoms with Gasteiger partial charge in [0.25, 0.3) is 0 Å². The molecule has 3 rings (SSSR count). The predicted octanol–water partition coefficient (Wildman–Crippen LogP) is 1.78.